The predicted molar refractivity (Wildman–Crippen MR) is 56.0 cm³/mol. The summed E-state index contributed by atoms with van der Waals surface area (Å²) in [5.41, 5.74) is 9.73. The summed E-state index contributed by atoms with van der Waals surface area (Å²) in [7, 11) is 0. The van der Waals surface area contributed by atoms with Crippen LogP contribution < -0.4 is 5.73 Å². The molecule has 1 aliphatic rings. The van der Waals surface area contributed by atoms with E-state index in [1.54, 1.807) is 0 Å². The van der Waals surface area contributed by atoms with Crippen molar-refractivity contribution in [3.63, 3.8) is 0 Å². The van der Waals surface area contributed by atoms with Crippen LogP contribution in [0.3, 0.4) is 0 Å². The van der Waals surface area contributed by atoms with E-state index in [1.807, 2.05) is 12.1 Å². The van der Waals surface area contributed by atoms with Gasteiger partial charge < -0.3 is 5.73 Å². The lowest BCUT2D eigenvalue weighted by molar-refractivity contribution is 0.732. The Labute approximate surface area is 83.9 Å². The van der Waals surface area contributed by atoms with E-state index in [1.165, 1.54) is 11.1 Å². The first kappa shape index (κ1) is 9.04. The van der Waals surface area contributed by atoms with Gasteiger partial charge in [-0.3, -0.25) is 0 Å². The third-order valence-electron chi connectivity index (χ3n) is 2.97. The lowest BCUT2D eigenvalue weighted by Gasteiger charge is -2.16. The van der Waals surface area contributed by atoms with Gasteiger partial charge in [-0.15, -0.1) is 0 Å². The molecule has 0 unspecified atom stereocenters. The van der Waals surface area contributed by atoms with Crippen LogP contribution in [0, 0.1) is 13.8 Å². The molecule has 1 nitrogen and oxygen atoms in total. The van der Waals surface area contributed by atoms with Crippen LogP contribution in [-0.2, 0) is 5.54 Å². The first-order valence-electron chi connectivity index (χ1n) is 4.60. The average Bonchev–Trinajstić information content (AvgIpc) is 2.78. The molecular formula is C11H14ClN. The highest BCUT2D eigenvalue weighted by Gasteiger charge is 2.42. The number of nitrogens with two attached hydrogens (primary N) is 1. The summed E-state index contributed by atoms with van der Waals surface area (Å²) in [5.74, 6) is 0. The molecule has 13 heavy (non-hydrogen) atoms. The average molecular weight is 196 g/mol. The van der Waals surface area contributed by atoms with Gasteiger partial charge >= 0.3 is 0 Å². The van der Waals surface area contributed by atoms with E-state index in [0.29, 0.717) is 0 Å². The molecule has 0 aromatic heterocycles. The minimum Gasteiger partial charge on any atom is -0.321 e. The van der Waals surface area contributed by atoms with E-state index in [2.05, 4.69) is 13.8 Å². The molecule has 0 bridgehead atoms. The SMILES string of the molecule is Cc1ccc(Cl)c(C2(N)CC2)c1C. The zero-order valence-corrected chi connectivity index (χ0v) is 8.78. The van der Waals surface area contributed by atoms with Crippen molar-refractivity contribution >= 4 is 11.6 Å². The molecule has 1 aromatic rings. The van der Waals surface area contributed by atoms with E-state index in [0.717, 1.165) is 23.4 Å². The van der Waals surface area contributed by atoms with E-state index >= 15 is 0 Å². The summed E-state index contributed by atoms with van der Waals surface area (Å²) in [6.45, 7) is 4.20. The van der Waals surface area contributed by atoms with Crippen LogP contribution in [0.25, 0.3) is 0 Å². The standard InChI is InChI=1S/C11H14ClN/c1-7-3-4-9(12)10(8(7)2)11(13)5-6-11/h3-4H,5-6,13H2,1-2H3. The van der Waals surface area contributed by atoms with E-state index in [9.17, 15) is 0 Å². The largest absolute Gasteiger partial charge is 0.321 e. The van der Waals surface area contributed by atoms with E-state index < -0.39 is 0 Å². The van der Waals surface area contributed by atoms with Crippen LogP contribution in [0.2, 0.25) is 5.02 Å². The quantitative estimate of drug-likeness (QED) is 0.733. The van der Waals surface area contributed by atoms with E-state index in [4.69, 9.17) is 17.3 Å². The third kappa shape index (κ3) is 1.36. The molecule has 70 valence electrons. The fourth-order valence-corrected chi connectivity index (χ4v) is 2.17. The van der Waals surface area contributed by atoms with Gasteiger partial charge in [0.2, 0.25) is 0 Å². The summed E-state index contributed by atoms with van der Waals surface area (Å²) >= 11 is 6.15. The van der Waals surface area contributed by atoms with Crippen LogP contribution in [0.15, 0.2) is 12.1 Å². The van der Waals surface area contributed by atoms with Crippen molar-refractivity contribution in [3.8, 4) is 0 Å². The van der Waals surface area contributed by atoms with Gasteiger partial charge in [-0.2, -0.15) is 0 Å². The fourth-order valence-electron chi connectivity index (χ4n) is 1.78. The lowest BCUT2D eigenvalue weighted by atomic mass is 9.96. The molecule has 0 radical (unpaired) electrons. The van der Waals surface area contributed by atoms with Gasteiger partial charge in [0, 0.05) is 10.6 Å². The molecule has 0 atom stereocenters. The van der Waals surface area contributed by atoms with Gasteiger partial charge in [-0.1, -0.05) is 17.7 Å². The highest BCUT2D eigenvalue weighted by atomic mass is 35.5. The Morgan fingerprint density at radius 2 is 1.92 bits per heavy atom. The van der Waals surface area contributed by atoms with Crippen LogP contribution in [0.4, 0.5) is 0 Å². The van der Waals surface area contributed by atoms with Gasteiger partial charge in [0.15, 0.2) is 0 Å². The summed E-state index contributed by atoms with van der Waals surface area (Å²) in [4.78, 5) is 0. The zero-order chi connectivity index (χ0) is 9.64. The van der Waals surface area contributed by atoms with Crippen molar-refractivity contribution in [1.29, 1.82) is 0 Å². The molecular weight excluding hydrogens is 182 g/mol. The van der Waals surface area contributed by atoms with Gasteiger partial charge in [0.1, 0.15) is 0 Å². The number of hydrogen-bond donors (Lipinski definition) is 1. The number of halogens is 1. The first-order valence-corrected chi connectivity index (χ1v) is 4.97. The fraction of sp³-hybridized carbons (Fsp3) is 0.455. The zero-order valence-electron chi connectivity index (χ0n) is 8.02. The molecule has 0 aliphatic heterocycles. The molecule has 1 saturated carbocycles. The number of hydrogen-bond acceptors (Lipinski definition) is 1. The van der Waals surface area contributed by atoms with Crippen LogP contribution in [-0.4, -0.2) is 0 Å². The first-order chi connectivity index (χ1) is 6.04. The number of aryl methyl sites for hydroxylation is 1. The maximum Gasteiger partial charge on any atom is 0.0459 e. The Morgan fingerprint density at radius 1 is 1.31 bits per heavy atom. The van der Waals surface area contributed by atoms with Gasteiger partial charge in [-0.05, 0) is 49.4 Å². The van der Waals surface area contributed by atoms with Crippen molar-refractivity contribution in [3.05, 3.63) is 33.8 Å². The second-order valence-corrected chi connectivity index (χ2v) is 4.43. The Morgan fingerprint density at radius 3 is 2.46 bits per heavy atom. The monoisotopic (exact) mass is 195 g/mol. The van der Waals surface area contributed by atoms with Crippen molar-refractivity contribution in [2.45, 2.75) is 32.2 Å². The second kappa shape index (κ2) is 2.73. The lowest BCUT2D eigenvalue weighted by Crippen LogP contribution is -2.21. The number of rotatable bonds is 1. The normalized spacial score (nSPS) is 18.8. The molecule has 1 fully saturated rings. The third-order valence-corrected chi connectivity index (χ3v) is 3.29. The topological polar surface area (TPSA) is 26.0 Å². The van der Waals surface area contributed by atoms with Crippen molar-refractivity contribution < 1.29 is 0 Å². The minimum absolute atomic E-state index is 0.118. The second-order valence-electron chi connectivity index (χ2n) is 4.02. The van der Waals surface area contributed by atoms with Crippen molar-refractivity contribution in [2.24, 2.45) is 5.73 Å². The van der Waals surface area contributed by atoms with Gasteiger partial charge in [0.25, 0.3) is 0 Å². The molecule has 0 heterocycles. The molecule has 2 heteroatoms. The van der Waals surface area contributed by atoms with Crippen LogP contribution >= 0.6 is 11.6 Å². The summed E-state index contributed by atoms with van der Waals surface area (Å²) < 4.78 is 0. The van der Waals surface area contributed by atoms with E-state index in [-0.39, 0.29) is 5.54 Å². The molecule has 0 amide bonds. The Kier molecular flexibility index (Phi) is 1.90. The Hall–Kier alpha value is -0.530. The maximum absolute atomic E-state index is 6.15. The summed E-state index contributed by atoms with van der Waals surface area (Å²) in [6, 6.07) is 4.00. The van der Waals surface area contributed by atoms with Crippen LogP contribution in [0.5, 0.6) is 0 Å². The molecule has 2 rings (SSSR count). The highest BCUT2D eigenvalue weighted by molar-refractivity contribution is 6.31. The molecule has 2 N–H and O–H groups in total. The molecule has 0 saturated heterocycles. The predicted octanol–water partition coefficient (Wildman–Crippen LogP) is 2.90. The number of benzene rings is 1. The minimum atomic E-state index is -0.118. The molecule has 1 aromatic carbocycles. The van der Waals surface area contributed by atoms with Crippen LogP contribution in [0.1, 0.15) is 29.5 Å². The summed E-state index contributed by atoms with van der Waals surface area (Å²) in [5, 5.41) is 0.822. The summed E-state index contributed by atoms with van der Waals surface area (Å²) in [6.07, 6.45) is 2.13. The van der Waals surface area contributed by atoms with Crippen molar-refractivity contribution in [2.75, 3.05) is 0 Å². The van der Waals surface area contributed by atoms with Gasteiger partial charge in [0.05, 0.1) is 0 Å². The Bertz CT molecular complexity index is 353. The van der Waals surface area contributed by atoms with Gasteiger partial charge in [-0.25, -0.2) is 0 Å². The van der Waals surface area contributed by atoms with Crippen molar-refractivity contribution in [1.82, 2.24) is 0 Å². The maximum atomic E-state index is 6.15. The molecule has 0 spiro atoms. The molecule has 1 aliphatic carbocycles. The highest BCUT2D eigenvalue weighted by Crippen LogP contribution is 2.47. The Balaban J connectivity index is 2.61. The smallest absolute Gasteiger partial charge is 0.0459 e.